The van der Waals surface area contributed by atoms with Crippen LogP contribution in [0.15, 0.2) is 35.1 Å². The van der Waals surface area contributed by atoms with E-state index in [9.17, 15) is 20.1 Å². The van der Waals surface area contributed by atoms with Crippen LogP contribution in [0.3, 0.4) is 0 Å². The van der Waals surface area contributed by atoms with Gasteiger partial charge in [0.2, 0.25) is 5.43 Å². The number of pyridine rings is 1. The van der Waals surface area contributed by atoms with E-state index in [1.807, 2.05) is 17.0 Å². The third-order valence-electron chi connectivity index (χ3n) is 5.29. The predicted molar refractivity (Wildman–Crippen MR) is 116 cm³/mol. The highest BCUT2D eigenvalue weighted by molar-refractivity contribution is 6.09. The van der Waals surface area contributed by atoms with Gasteiger partial charge in [-0.1, -0.05) is 6.07 Å². The number of aromatic hydroxyl groups is 1. The maximum absolute atomic E-state index is 13.4. The van der Waals surface area contributed by atoms with Crippen LogP contribution in [0.25, 0.3) is 27.2 Å². The monoisotopic (exact) mass is 411 g/mol. The molecule has 9 heteroatoms. The lowest BCUT2D eigenvalue weighted by atomic mass is 10.0. The quantitative estimate of drug-likeness (QED) is 0.248. The summed E-state index contributed by atoms with van der Waals surface area (Å²) in [6.45, 7) is 2.04. The van der Waals surface area contributed by atoms with E-state index in [1.165, 1.54) is 6.07 Å². The molecule has 0 aliphatic rings. The van der Waals surface area contributed by atoms with E-state index < -0.39 is 0 Å². The minimum absolute atomic E-state index is 0.0355. The number of nitrogens with one attached hydrogen (secondary N) is 1. The van der Waals surface area contributed by atoms with Crippen molar-refractivity contribution in [3.8, 4) is 5.75 Å². The topological polar surface area (TPSA) is 136 Å². The molecule has 2 aromatic carbocycles. The lowest BCUT2D eigenvalue weighted by molar-refractivity contribution is 0.155. The Morgan fingerprint density at radius 1 is 1.10 bits per heavy atom. The molecule has 9 nitrogen and oxygen atoms in total. The van der Waals surface area contributed by atoms with Gasteiger partial charge in [-0.2, -0.15) is 5.10 Å². The standard InChI is InChI=1S/C21H25N5O4/c22-6-7-23-14-5-4-13-15(12-25(8-10-27)9-11-28)24-26-16-2-1-3-17(29)19(16)21(30)18(14)20(13)26/h1-5,23,27-29H,6-12,22H2. The zero-order valence-corrected chi connectivity index (χ0v) is 16.5. The van der Waals surface area contributed by atoms with Crippen LogP contribution in [0.5, 0.6) is 5.75 Å². The molecular formula is C21H25N5O4. The van der Waals surface area contributed by atoms with Gasteiger partial charge < -0.3 is 26.4 Å². The molecule has 6 N–H and O–H groups in total. The maximum atomic E-state index is 13.4. The number of nitrogens with two attached hydrogens (primary N) is 1. The zero-order chi connectivity index (χ0) is 21.3. The van der Waals surface area contributed by atoms with E-state index >= 15 is 0 Å². The molecule has 4 rings (SSSR count). The lowest BCUT2D eigenvalue weighted by Crippen LogP contribution is -2.29. The number of fused-ring (bicyclic) bond motifs is 2. The average Bonchev–Trinajstić information content (AvgIpc) is 3.09. The zero-order valence-electron chi connectivity index (χ0n) is 16.5. The van der Waals surface area contributed by atoms with Gasteiger partial charge in [-0.3, -0.25) is 9.69 Å². The summed E-state index contributed by atoms with van der Waals surface area (Å²) in [5, 5.41) is 38.5. The number of nitrogens with zero attached hydrogens (tertiary/aromatic N) is 3. The Hall–Kier alpha value is -2.98. The van der Waals surface area contributed by atoms with Crippen molar-refractivity contribution >= 4 is 32.9 Å². The molecule has 0 fully saturated rings. The van der Waals surface area contributed by atoms with E-state index in [0.29, 0.717) is 54.8 Å². The molecule has 0 amide bonds. The third-order valence-corrected chi connectivity index (χ3v) is 5.29. The molecule has 0 radical (unpaired) electrons. The first-order valence-electron chi connectivity index (χ1n) is 9.90. The van der Waals surface area contributed by atoms with E-state index in [1.54, 1.807) is 16.6 Å². The molecule has 158 valence electrons. The number of hydrogen-bond donors (Lipinski definition) is 5. The van der Waals surface area contributed by atoms with Crippen molar-refractivity contribution < 1.29 is 15.3 Å². The van der Waals surface area contributed by atoms with Crippen molar-refractivity contribution in [2.75, 3.05) is 44.7 Å². The van der Waals surface area contributed by atoms with Gasteiger partial charge in [-0.25, -0.2) is 4.52 Å². The largest absolute Gasteiger partial charge is 0.507 e. The number of aliphatic hydroxyl groups excluding tert-OH is 2. The predicted octanol–water partition coefficient (Wildman–Crippen LogP) is 0.302. The second-order valence-corrected chi connectivity index (χ2v) is 7.18. The lowest BCUT2D eigenvalue weighted by Gasteiger charge is -2.18. The smallest absolute Gasteiger partial charge is 0.203 e. The van der Waals surface area contributed by atoms with Gasteiger partial charge in [-0.15, -0.1) is 0 Å². The van der Waals surface area contributed by atoms with Gasteiger partial charge in [0.1, 0.15) is 5.75 Å². The molecule has 0 aliphatic carbocycles. The Morgan fingerprint density at radius 3 is 2.57 bits per heavy atom. The minimum Gasteiger partial charge on any atom is -0.507 e. The summed E-state index contributed by atoms with van der Waals surface area (Å²) in [6.07, 6.45) is 0. The molecule has 0 saturated heterocycles. The second-order valence-electron chi connectivity index (χ2n) is 7.18. The van der Waals surface area contributed by atoms with Crippen LogP contribution in [0.2, 0.25) is 0 Å². The van der Waals surface area contributed by atoms with E-state index in [4.69, 9.17) is 10.8 Å². The van der Waals surface area contributed by atoms with E-state index in [0.717, 1.165) is 11.1 Å². The molecule has 0 bridgehead atoms. The van der Waals surface area contributed by atoms with Crippen molar-refractivity contribution in [3.05, 3.63) is 46.2 Å². The number of aliphatic hydroxyl groups is 2. The van der Waals surface area contributed by atoms with Crippen LogP contribution in [-0.4, -0.2) is 69.2 Å². The summed E-state index contributed by atoms with van der Waals surface area (Å²) in [5.41, 5.74) is 7.91. The summed E-state index contributed by atoms with van der Waals surface area (Å²) in [4.78, 5) is 15.3. The van der Waals surface area contributed by atoms with Crippen molar-refractivity contribution in [1.82, 2.24) is 14.5 Å². The summed E-state index contributed by atoms with van der Waals surface area (Å²) in [5.74, 6) is -0.0934. The maximum Gasteiger partial charge on any atom is 0.203 e. The first-order valence-corrected chi connectivity index (χ1v) is 9.90. The average molecular weight is 411 g/mol. The van der Waals surface area contributed by atoms with Gasteiger partial charge in [0.25, 0.3) is 0 Å². The molecule has 30 heavy (non-hydrogen) atoms. The molecule has 4 aromatic rings. The molecule has 0 aliphatic heterocycles. The molecule has 0 unspecified atom stereocenters. The second kappa shape index (κ2) is 8.41. The third kappa shape index (κ3) is 3.31. The fourth-order valence-corrected chi connectivity index (χ4v) is 3.97. The van der Waals surface area contributed by atoms with Crippen molar-refractivity contribution in [1.29, 1.82) is 0 Å². The van der Waals surface area contributed by atoms with Crippen molar-refractivity contribution in [3.63, 3.8) is 0 Å². The first kappa shape index (κ1) is 20.3. The summed E-state index contributed by atoms with van der Waals surface area (Å²) < 4.78 is 1.69. The van der Waals surface area contributed by atoms with Crippen LogP contribution >= 0.6 is 0 Å². The summed E-state index contributed by atoms with van der Waals surface area (Å²) in [7, 11) is 0. The number of benzene rings is 2. The molecular weight excluding hydrogens is 386 g/mol. The minimum atomic E-state index is -0.269. The highest BCUT2D eigenvalue weighted by Gasteiger charge is 2.22. The number of aromatic nitrogens is 2. The van der Waals surface area contributed by atoms with Gasteiger partial charge in [0.05, 0.1) is 40.7 Å². The van der Waals surface area contributed by atoms with Gasteiger partial charge in [-0.05, 0) is 24.3 Å². The highest BCUT2D eigenvalue weighted by atomic mass is 16.3. The molecule has 0 atom stereocenters. The van der Waals surface area contributed by atoms with Crippen molar-refractivity contribution in [2.24, 2.45) is 5.73 Å². The SMILES string of the molecule is NCCNc1ccc2c(CN(CCO)CCO)nn3c4cccc(O)c4c(=O)c1c23. The fraction of sp³-hybridized carbons (Fsp3) is 0.333. The van der Waals surface area contributed by atoms with Crippen LogP contribution in [0.4, 0.5) is 5.69 Å². The molecule has 2 aromatic heterocycles. The normalized spacial score (nSPS) is 12.0. The fourth-order valence-electron chi connectivity index (χ4n) is 3.97. The number of rotatable bonds is 9. The van der Waals surface area contributed by atoms with Gasteiger partial charge >= 0.3 is 0 Å². The van der Waals surface area contributed by atoms with Crippen LogP contribution in [-0.2, 0) is 6.54 Å². The highest BCUT2D eigenvalue weighted by Crippen LogP contribution is 2.33. The molecule has 0 saturated carbocycles. The number of hydrogen-bond acceptors (Lipinski definition) is 8. The Morgan fingerprint density at radius 2 is 1.87 bits per heavy atom. The first-order chi connectivity index (χ1) is 14.6. The van der Waals surface area contributed by atoms with Gasteiger partial charge in [0, 0.05) is 43.8 Å². The summed E-state index contributed by atoms with van der Waals surface area (Å²) >= 11 is 0. The van der Waals surface area contributed by atoms with E-state index in [-0.39, 0.29) is 29.8 Å². The summed E-state index contributed by atoms with van der Waals surface area (Å²) in [6, 6.07) is 8.66. The Bertz CT molecular complexity index is 1230. The van der Waals surface area contributed by atoms with Crippen LogP contribution in [0.1, 0.15) is 5.69 Å². The molecule has 0 spiro atoms. The number of phenolic OH excluding ortho intramolecular Hbond substituents is 1. The number of anilines is 1. The Kier molecular flexibility index (Phi) is 5.69. The van der Waals surface area contributed by atoms with E-state index in [2.05, 4.69) is 5.32 Å². The van der Waals surface area contributed by atoms with Crippen molar-refractivity contribution in [2.45, 2.75) is 6.54 Å². The van der Waals surface area contributed by atoms with Crippen LogP contribution < -0.4 is 16.5 Å². The van der Waals surface area contributed by atoms with Crippen LogP contribution in [0, 0.1) is 0 Å². The number of phenols is 1. The Labute approximate surface area is 172 Å². The Balaban J connectivity index is 2.02. The molecule has 2 heterocycles. The van der Waals surface area contributed by atoms with Gasteiger partial charge in [0.15, 0.2) is 0 Å².